The van der Waals surface area contributed by atoms with Crippen LogP contribution < -0.4 is 15.7 Å². The van der Waals surface area contributed by atoms with E-state index in [0.29, 0.717) is 32.7 Å². The molecule has 27 heavy (non-hydrogen) atoms. The highest BCUT2D eigenvalue weighted by Crippen LogP contribution is 2.30. The van der Waals surface area contributed by atoms with Crippen LogP contribution in [0.15, 0.2) is 57.1 Å². The molecule has 4 aromatic rings. The number of anilines is 2. The number of aromatic nitrogens is 1. The van der Waals surface area contributed by atoms with Crippen LogP contribution in [0.1, 0.15) is 5.56 Å². The predicted octanol–water partition coefficient (Wildman–Crippen LogP) is 5.63. The molecule has 0 saturated heterocycles. The maximum Gasteiger partial charge on any atom is 0.345 e. The summed E-state index contributed by atoms with van der Waals surface area (Å²) in [5, 5.41) is 7.19. The molecule has 0 saturated carbocycles. The Bertz CT molecular complexity index is 1200. The average molecular weight is 399 g/mol. The van der Waals surface area contributed by atoms with Crippen molar-refractivity contribution in [2.24, 2.45) is 0 Å². The molecule has 2 heterocycles. The van der Waals surface area contributed by atoms with Crippen LogP contribution in [0.5, 0.6) is 5.75 Å². The summed E-state index contributed by atoms with van der Waals surface area (Å²) in [6.45, 7) is 1.94. The van der Waals surface area contributed by atoms with Crippen molar-refractivity contribution in [1.29, 1.82) is 0 Å². The third-order valence-electron chi connectivity index (χ3n) is 4.23. The fourth-order valence-electron chi connectivity index (χ4n) is 2.72. The molecule has 0 aliphatic carbocycles. The molecule has 7 heteroatoms. The van der Waals surface area contributed by atoms with Crippen LogP contribution >= 0.6 is 22.9 Å². The van der Waals surface area contributed by atoms with Gasteiger partial charge in [-0.05, 0) is 48.9 Å². The smallest absolute Gasteiger partial charge is 0.345 e. The summed E-state index contributed by atoms with van der Waals surface area (Å²) in [6, 6.07) is 12.7. The Morgan fingerprint density at radius 2 is 2.07 bits per heavy atom. The first-order valence-corrected chi connectivity index (χ1v) is 9.41. The Kier molecular flexibility index (Phi) is 4.59. The summed E-state index contributed by atoms with van der Waals surface area (Å²) >= 11 is 7.57. The molecule has 0 bridgehead atoms. The zero-order chi connectivity index (χ0) is 19.0. The highest BCUT2D eigenvalue weighted by molar-refractivity contribution is 7.14. The van der Waals surface area contributed by atoms with Crippen LogP contribution in [0, 0.1) is 6.92 Å². The number of hydrogen-bond donors (Lipinski definition) is 1. The van der Waals surface area contributed by atoms with E-state index in [1.807, 2.05) is 36.6 Å². The molecule has 0 unspecified atom stereocenters. The number of rotatable bonds is 4. The van der Waals surface area contributed by atoms with Gasteiger partial charge >= 0.3 is 5.63 Å². The van der Waals surface area contributed by atoms with Crippen molar-refractivity contribution in [2.45, 2.75) is 6.92 Å². The van der Waals surface area contributed by atoms with Crippen LogP contribution in [-0.2, 0) is 0 Å². The zero-order valence-corrected chi connectivity index (χ0v) is 16.1. The monoisotopic (exact) mass is 398 g/mol. The van der Waals surface area contributed by atoms with Gasteiger partial charge in [0.05, 0.1) is 18.4 Å². The molecular weight excluding hydrogens is 384 g/mol. The lowest BCUT2D eigenvalue weighted by molar-refractivity contribution is 0.415. The maximum atomic E-state index is 12.4. The van der Waals surface area contributed by atoms with Gasteiger partial charge in [0.1, 0.15) is 11.3 Å². The normalized spacial score (nSPS) is 10.9. The third kappa shape index (κ3) is 3.41. The van der Waals surface area contributed by atoms with E-state index in [4.69, 9.17) is 20.8 Å². The zero-order valence-electron chi connectivity index (χ0n) is 14.6. The van der Waals surface area contributed by atoms with Crippen molar-refractivity contribution in [3.05, 3.63) is 68.9 Å². The first kappa shape index (κ1) is 17.6. The van der Waals surface area contributed by atoms with Gasteiger partial charge in [0.25, 0.3) is 0 Å². The molecule has 0 amide bonds. The number of methoxy groups -OCH3 is 1. The molecule has 0 aliphatic rings. The van der Waals surface area contributed by atoms with Gasteiger partial charge in [0, 0.05) is 21.5 Å². The molecule has 0 atom stereocenters. The van der Waals surface area contributed by atoms with E-state index in [0.717, 1.165) is 16.6 Å². The van der Waals surface area contributed by atoms with Crippen LogP contribution in [0.4, 0.5) is 10.8 Å². The second kappa shape index (κ2) is 7.06. The van der Waals surface area contributed by atoms with Gasteiger partial charge in [-0.15, -0.1) is 11.3 Å². The van der Waals surface area contributed by atoms with Crippen molar-refractivity contribution in [3.63, 3.8) is 0 Å². The summed E-state index contributed by atoms with van der Waals surface area (Å²) in [5.74, 6) is 0.694. The first-order valence-electron chi connectivity index (χ1n) is 8.15. The van der Waals surface area contributed by atoms with Crippen molar-refractivity contribution in [2.75, 3.05) is 12.4 Å². The minimum absolute atomic E-state index is 0.405. The number of nitrogens with zero attached hydrogens (tertiary/aromatic N) is 1. The Morgan fingerprint density at radius 3 is 2.89 bits per heavy atom. The summed E-state index contributed by atoms with van der Waals surface area (Å²) in [7, 11) is 1.59. The van der Waals surface area contributed by atoms with Gasteiger partial charge in [-0.1, -0.05) is 17.7 Å². The highest BCUT2D eigenvalue weighted by Gasteiger charge is 2.13. The van der Waals surface area contributed by atoms with Crippen LogP contribution in [-0.4, -0.2) is 12.1 Å². The lowest BCUT2D eigenvalue weighted by Crippen LogP contribution is -2.03. The molecule has 4 rings (SSSR count). The fraction of sp³-hybridized carbons (Fsp3) is 0.100. The van der Waals surface area contributed by atoms with Crippen molar-refractivity contribution in [1.82, 2.24) is 4.98 Å². The average Bonchev–Trinajstić information content (AvgIpc) is 3.13. The van der Waals surface area contributed by atoms with Gasteiger partial charge in [0.15, 0.2) is 5.13 Å². The molecular formula is C20H15ClN2O3S. The Balaban J connectivity index is 1.71. The number of ether oxygens (including phenoxy) is 1. The number of halogens is 1. The van der Waals surface area contributed by atoms with Gasteiger partial charge < -0.3 is 14.5 Å². The molecule has 2 aromatic heterocycles. The largest absolute Gasteiger partial charge is 0.497 e. The highest BCUT2D eigenvalue weighted by atomic mass is 35.5. The Hall–Kier alpha value is -2.83. The fourth-order valence-corrected chi connectivity index (χ4v) is 3.62. The quantitative estimate of drug-likeness (QED) is 0.451. The number of thiazole rings is 1. The number of nitrogens with one attached hydrogen (secondary N) is 1. The van der Waals surface area contributed by atoms with Gasteiger partial charge in [-0.2, -0.15) is 0 Å². The third-order valence-corrected chi connectivity index (χ3v) is 5.40. The molecule has 1 N–H and O–H groups in total. The molecule has 0 fully saturated rings. The van der Waals surface area contributed by atoms with Crippen molar-refractivity contribution < 1.29 is 9.15 Å². The summed E-state index contributed by atoms with van der Waals surface area (Å²) < 4.78 is 10.7. The minimum Gasteiger partial charge on any atom is -0.497 e. The lowest BCUT2D eigenvalue weighted by atomic mass is 10.1. The van der Waals surface area contributed by atoms with E-state index in [1.54, 1.807) is 25.3 Å². The summed E-state index contributed by atoms with van der Waals surface area (Å²) in [5.41, 5.74) is 2.85. The summed E-state index contributed by atoms with van der Waals surface area (Å²) in [6.07, 6.45) is 0. The standard InChI is InChI=1S/C20H15ClN2O3S/c1-11-15(21)4-3-5-16(11)22-20-23-17(10-27-20)14-9-12-8-13(25-2)6-7-18(12)26-19(14)24/h3-10H,1-2H3,(H,22,23). The predicted molar refractivity (Wildman–Crippen MR) is 110 cm³/mol. The summed E-state index contributed by atoms with van der Waals surface area (Å²) in [4.78, 5) is 16.9. The number of hydrogen-bond acceptors (Lipinski definition) is 6. The molecule has 0 aliphatic heterocycles. The van der Waals surface area contributed by atoms with E-state index >= 15 is 0 Å². The van der Waals surface area contributed by atoms with Gasteiger partial charge in [-0.25, -0.2) is 9.78 Å². The lowest BCUT2D eigenvalue weighted by Gasteiger charge is -2.07. The van der Waals surface area contributed by atoms with Crippen LogP contribution in [0.3, 0.4) is 0 Å². The molecule has 2 aromatic carbocycles. The molecule has 136 valence electrons. The number of benzene rings is 2. The SMILES string of the molecule is COc1ccc2oc(=O)c(-c3csc(Nc4cccc(Cl)c4C)n3)cc2c1. The molecule has 0 radical (unpaired) electrons. The Morgan fingerprint density at radius 1 is 1.22 bits per heavy atom. The topological polar surface area (TPSA) is 64.4 Å². The second-order valence-corrected chi connectivity index (χ2v) is 7.19. The Labute approximate surface area is 164 Å². The van der Waals surface area contributed by atoms with Crippen LogP contribution in [0.2, 0.25) is 5.02 Å². The van der Waals surface area contributed by atoms with E-state index < -0.39 is 5.63 Å². The van der Waals surface area contributed by atoms with Gasteiger partial charge in [0.2, 0.25) is 0 Å². The molecule has 5 nitrogen and oxygen atoms in total. The van der Waals surface area contributed by atoms with E-state index in [2.05, 4.69) is 10.3 Å². The number of fused-ring (bicyclic) bond motifs is 1. The minimum atomic E-state index is -0.427. The van der Waals surface area contributed by atoms with Crippen molar-refractivity contribution >= 4 is 44.7 Å². The van der Waals surface area contributed by atoms with E-state index in [1.165, 1.54) is 11.3 Å². The maximum absolute atomic E-state index is 12.4. The first-order chi connectivity index (χ1) is 13.0. The van der Waals surface area contributed by atoms with E-state index in [-0.39, 0.29) is 0 Å². The molecule has 0 spiro atoms. The van der Waals surface area contributed by atoms with Crippen molar-refractivity contribution in [3.8, 4) is 17.0 Å². The second-order valence-electron chi connectivity index (χ2n) is 5.93. The van der Waals surface area contributed by atoms with E-state index in [9.17, 15) is 4.79 Å². The van der Waals surface area contributed by atoms with Gasteiger partial charge in [-0.3, -0.25) is 0 Å². The van der Waals surface area contributed by atoms with Crippen LogP contribution in [0.25, 0.3) is 22.2 Å².